The van der Waals surface area contributed by atoms with E-state index in [1.54, 1.807) is 18.3 Å². The maximum Gasteiger partial charge on any atom is 0.219 e. The van der Waals surface area contributed by atoms with Gasteiger partial charge >= 0.3 is 0 Å². The molecule has 5 rings (SSSR count). The first-order valence-electron chi connectivity index (χ1n) is 11.0. The fraction of sp³-hybridized carbons (Fsp3) is 0.115. The predicted octanol–water partition coefficient (Wildman–Crippen LogP) is 6.07. The Balaban J connectivity index is 1.15. The monoisotopic (exact) mass is 470 g/mol. The van der Waals surface area contributed by atoms with Crippen LogP contribution >= 0.6 is 11.6 Å². The van der Waals surface area contributed by atoms with Crippen molar-refractivity contribution < 1.29 is 4.74 Å². The van der Waals surface area contributed by atoms with Crippen molar-refractivity contribution in [1.29, 1.82) is 0 Å². The van der Waals surface area contributed by atoms with Crippen LogP contribution in [0.4, 0.5) is 11.6 Å². The van der Waals surface area contributed by atoms with Gasteiger partial charge in [0.2, 0.25) is 11.8 Å². The fourth-order valence-corrected chi connectivity index (χ4v) is 3.60. The molecule has 7 nitrogen and oxygen atoms in total. The SMILES string of the molecule is Clc1ccc(Oc2ccc(CNc3nc4ccc(NCCc5ccccn5)cc4[nH]3)cc2)nc1. The number of fused-ring (bicyclic) bond motifs is 1. The quantitative estimate of drug-likeness (QED) is 0.242. The first-order valence-corrected chi connectivity index (χ1v) is 11.3. The van der Waals surface area contributed by atoms with E-state index in [1.165, 1.54) is 0 Å². The van der Waals surface area contributed by atoms with Gasteiger partial charge in [-0.15, -0.1) is 0 Å². The summed E-state index contributed by atoms with van der Waals surface area (Å²) >= 11 is 5.86. The van der Waals surface area contributed by atoms with Crippen LogP contribution in [0.5, 0.6) is 11.6 Å². The zero-order chi connectivity index (χ0) is 23.2. The molecule has 0 fully saturated rings. The lowest BCUT2D eigenvalue weighted by atomic mass is 10.2. The van der Waals surface area contributed by atoms with Crippen LogP contribution in [0, 0.1) is 0 Å². The van der Waals surface area contributed by atoms with Gasteiger partial charge in [0.25, 0.3) is 0 Å². The smallest absolute Gasteiger partial charge is 0.219 e. The van der Waals surface area contributed by atoms with E-state index in [2.05, 4.69) is 36.6 Å². The lowest BCUT2D eigenvalue weighted by molar-refractivity contribution is 0.463. The summed E-state index contributed by atoms with van der Waals surface area (Å²) in [5.74, 6) is 1.94. The molecule has 5 aromatic rings. The minimum Gasteiger partial charge on any atom is -0.439 e. The largest absolute Gasteiger partial charge is 0.439 e. The van der Waals surface area contributed by atoms with Crippen molar-refractivity contribution in [2.24, 2.45) is 0 Å². The predicted molar refractivity (Wildman–Crippen MR) is 136 cm³/mol. The Bertz CT molecular complexity index is 1350. The molecule has 0 radical (unpaired) electrons. The maximum atomic E-state index is 5.86. The van der Waals surface area contributed by atoms with Gasteiger partial charge in [-0.25, -0.2) is 9.97 Å². The molecule has 0 aliphatic rings. The van der Waals surface area contributed by atoms with Crippen LogP contribution < -0.4 is 15.4 Å². The molecule has 0 saturated heterocycles. The van der Waals surface area contributed by atoms with Crippen molar-refractivity contribution in [1.82, 2.24) is 19.9 Å². The highest BCUT2D eigenvalue weighted by molar-refractivity contribution is 6.30. The maximum absolute atomic E-state index is 5.86. The summed E-state index contributed by atoms with van der Waals surface area (Å²) in [6.45, 7) is 1.45. The molecule has 3 N–H and O–H groups in total. The van der Waals surface area contributed by atoms with Crippen molar-refractivity contribution in [3.05, 3.63) is 101 Å². The van der Waals surface area contributed by atoms with Crippen molar-refractivity contribution in [3.63, 3.8) is 0 Å². The van der Waals surface area contributed by atoms with Crippen LogP contribution in [-0.2, 0) is 13.0 Å². The first kappa shape index (κ1) is 21.7. The minimum absolute atomic E-state index is 0.503. The molecular weight excluding hydrogens is 448 g/mol. The van der Waals surface area contributed by atoms with Crippen LogP contribution in [0.3, 0.4) is 0 Å². The summed E-state index contributed by atoms with van der Waals surface area (Å²) in [5, 5.41) is 7.37. The third kappa shape index (κ3) is 5.63. The number of ether oxygens (including phenoxy) is 1. The van der Waals surface area contributed by atoms with Crippen molar-refractivity contribution >= 4 is 34.3 Å². The van der Waals surface area contributed by atoms with E-state index in [-0.39, 0.29) is 0 Å². The Morgan fingerprint density at radius 1 is 0.912 bits per heavy atom. The number of H-pyrrole nitrogens is 1. The summed E-state index contributed by atoms with van der Waals surface area (Å²) in [5.41, 5.74) is 5.12. The summed E-state index contributed by atoms with van der Waals surface area (Å²) in [7, 11) is 0. The van der Waals surface area contributed by atoms with Crippen molar-refractivity contribution in [2.75, 3.05) is 17.2 Å². The molecule has 0 amide bonds. The van der Waals surface area contributed by atoms with E-state index in [0.29, 0.717) is 23.2 Å². The van der Waals surface area contributed by atoms with Gasteiger partial charge in [-0.1, -0.05) is 29.8 Å². The van der Waals surface area contributed by atoms with Crippen molar-refractivity contribution in [3.8, 4) is 11.6 Å². The molecule has 8 heteroatoms. The Kier molecular flexibility index (Phi) is 6.54. The van der Waals surface area contributed by atoms with Gasteiger partial charge in [-0.05, 0) is 54.1 Å². The normalized spacial score (nSPS) is 10.9. The highest BCUT2D eigenvalue weighted by atomic mass is 35.5. The van der Waals surface area contributed by atoms with Crippen LogP contribution in [0.1, 0.15) is 11.3 Å². The molecule has 170 valence electrons. The van der Waals surface area contributed by atoms with E-state index in [1.807, 2.05) is 60.8 Å². The van der Waals surface area contributed by atoms with E-state index < -0.39 is 0 Å². The van der Waals surface area contributed by atoms with Crippen LogP contribution in [-0.4, -0.2) is 26.5 Å². The highest BCUT2D eigenvalue weighted by Crippen LogP contribution is 2.22. The van der Waals surface area contributed by atoms with Crippen LogP contribution in [0.15, 0.2) is 85.2 Å². The number of aromatic nitrogens is 4. The molecule has 0 spiro atoms. The molecule has 0 aliphatic carbocycles. The second kappa shape index (κ2) is 10.2. The molecule has 34 heavy (non-hydrogen) atoms. The van der Waals surface area contributed by atoms with E-state index >= 15 is 0 Å². The number of halogens is 1. The Morgan fingerprint density at radius 3 is 2.62 bits per heavy atom. The summed E-state index contributed by atoms with van der Waals surface area (Å²) < 4.78 is 5.74. The highest BCUT2D eigenvalue weighted by Gasteiger charge is 2.05. The van der Waals surface area contributed by atoms with E-state index in [9.17, 15) is 0 Å². The number of rotatable bonds is 9. The number of benzene rings is 2. The second-order valence-electron chi connectivity index (χ2n) is 7.73. The second-order valence-corrected chi connectivity index (χ2v) is 8.17. The number of imidazole rings is 1. The third-order valence-corrected chi connectivity index (χ3v) is 5.45. The first-order chi connectivity index (χ1) is 16.7. The van der Waals surface area contributed by atoms with Gasteiger partial charge in [-0.2, -0.15) is 0 Å². The number of nitrogens with one attached hydrogen (secondary N) is 3. The number of anilines is 2. The Hall–Kier alpha value is -4.10. The molecule has 0 unspecified atom stereocenters. The third-order valence-electron chi connectivity index (χ3n) is 5.22. The standard InChI is InChI=1S/C26H23ClN6O/c27-19-6-11-25(30-17-19)34-22-8-4-18(5-9-22)16-31-26-32-23-10-7-21(15-24(23)33-26)29-14-12-20-3-1-2-13-28-20/h1-11,13,15,17,29H,12,14,16H2,(H2,31,32,33). The Morgan fingerprint density at radius 2 is 1.82 bits per heavy atom. The average Bonchev–Trinajstić information content (AvgIpc) is 3.28. The molecule has 0 saturated carbocycles. The fourth-order valence-electron chi connectivity index (χ4n) is 3.49. The van der Waals surface area contributed by atoms with E-state index in [0.717, 1.165) is 46.9 Å². The summed E-state index contributed by atoms with van der Waals surface area (Å²) in [6.07, 6.45) is 4.25. The van der Waals surface area contributed by atoms with Gasteiger partial charge in [0.1, 0.15) is 5.75 Å². The van der Waals surface area contributed by atoms with Gasteiger partial charge < -0.3 is 20.4 Å². The van der Waals surface area contributed by atoms with Gasteiger partial charge in [0.05, 0.1) is 16.1 Å². The van der Waals surface area contributed by atoms with Crippen LogP contribution in [0.2, 0.25) is 5.02 Å². The van der Waals surface area contributed by atoms with E-state index in [4.69, 9.17) is 16.3 Å². The lowest BCUT2D eigenvalue weighted by Gasteiger charge is -2.07. The average molecular weight is 471 g/mol. The topological polar surface area (TPSA) is 87.8 Å². The molecule has 3 aromatic heterocycles. The molecule has 0 aliphatic heterocycles. The van der Waals surface area contributed by atoms with Gasteiger partial charge in [0, 0.05) is 49.4 Å². The number of aromatic amines is 1. The molecular formula is C26H23ClN6O. The minimum atomic E-state index is 0.503. The number of hydrogen-bond acceptors (Lipinski definition) is 6. The van der Waals surface area contributed by atoms with Crippen molar-refractivity contribution in [2.45, 2.75) is 13.0 Å². The zero-order valence-corrected chi connectivity index (χ0v) is 19.1. The number of nitrogens with zero attached hydrogens (tertiary/aromatic N) is 3. The molecule has 0 atom stereocenters. The molecule has 2 aromatic carbocycles. The number of pyridine rings is 2. The van der Waals surface area contributed by atoms with Gasteiger partial charge in [-0.3, -0.25) is 4.98 Å². The van der Waals surface area contributed by atoms with Gasteiger partial charge in [0.15, 0.2) is 0 Å². The zero-order valence-electron chi connectivity index (χ0n) is 18.3. The lowest BCUT2D eigenvalue weighted by Crippen LogP contribution is -2.05. The Labute approximate surface area is 202 Å². The summed E-state index contributed by atoms with van der Waals surface area (Å²) in [6, 6.07) is 23.4. The summed E-state index contributed by atoms with van der Waals surface area (Å²) in [4.78, 5) is 16.5. The van der Waals surface area contributed by atoms with Crippen LogP contribution in [0.25, 0.3) is 11.0 Å². The number of hydrogen-bond donors (Lipinski definition) is 3. The molecule has 0 bridgehead atoms. The molecule has 3 heterocycles.